The summed E-state index contributed by atoms with van der Waals surface area (Å²) in [6, 6.07) is 32.9. The van der Waals surface area contributed by atoms with E-state index >= 15 is 0 Å². The van der Waals surface area contributed by atoms with Crippen LogP contribution in [0, 0.1) is 0 Å². The lowest BCUT2D eigenvalue weighted by Crippen LogP contribution is -2.12. The number of nitrogens with zero attached hydrogens (tertiary/aromatic N) is 2. The van der Waals surface area contributed by atoms with Gasteiger partial charge in [-0.15, -0.1) is 0 Å². The van der Waals surface area contributed by atoms with Crippen molar-refractivity contribution in [1.82, 2.24) is 9.38 Å². The van der Waals surface area contributed by atoms with Crippen LogP contribution in [0.2, 0.25) is 0 Å². The first-order valence-corrected chi connectivity index (χ1v) is 11.6. The molecule has 5 aromatic carbocycles. The van der Waals surface area contributed by atoms with Crippen LogP contribution in [0.5, 0.6) is 0 Å². The molecule has 0 radical (unpaired) electrons. The molecule has 0 aliphatic heterocycles. The molecule has 0 unspecified atom stereocenters. The molecule has 2 nitrogen and oxygen atoms in total. The van der Waals surface area contributed by atoms with E-state index in [1.54, 1.807) is 0 Å². The van der Waals surface area contributed by atoms with Gasteiger partial charge in [0, 0.05) is 21.5 Å². The Kier molecular flexibility index (Phi) is 3.57. The van der Waals surface area contributed by atoms with Crippen LogP contribution in [-0.2, 0) is 5.41 Å². The van der Waals surface area contributed by atoms with Gasteiger partial charge in [0.1, 0.15) is 5.65 Å². The molecular weight excluding hydrogens is 400 g/mol. The van der Waals surface area contributed by atoms with E-state index in [1.165, 1.54) is 54.3 Å². The van der Waals surface area contributed by atoms with Crippen LogP contribution in [0.15, 0.2) is 91.0 Å². The van der Waals surface area contributed by atoms with Crippen LogP contribution in [0.1, 0.15) is 26.3 Å². The van der Waals surface area contributed by atoms with Gasteiger partial charge in [0.2, 0.25) is 0 Å². The number of hydrogen-bond acceptors (Lipinski definition) is 1. The summed E-state index contributed by atoms with van der Waals surface area (Å²) in [7, 11) is 0. The number of pyridine rings is 1. The van der Waals surface area contributed by atoms with Crippen molar-refractivity contribution in [3.05, 3.63) is 96.6 Å². The highest BCUT2D eigenvalue weighted by atomic mass is 15.0. The number of aromatic nitrogens is 2. The average molecular weight is 425 g/mol. The van der Waals surface area contributed by atoms with Crippen molar-refractivity contribution in [2.45, 2.75) is 26.2 Å². The summed E-state index contributed by atoms with van der Waals surface area (Å²) in [5, 5.41) is 8.78. The molecule has 0 fully saturated rings. The van der Waals surface area contributed by atoms with Crippen molar-refractivity contribution in [1.29, 1.82) is 0 Å². The number of fused-ring (bicyclic) bond motifs is 13. The van der Waals surface area contributed by atoms with E-state index in [2.05, 4.69) is 116 Å². The summed E-state index contributed by atoms with van der Waals surface area (Å²) in [5.74, 6) is 0. The van der Waals surface area contributed by atoms with E-state index in [0.29, 0.717) is 0 Å². The van der Waals surface area contributed by atoms with E-state index in [9.17, 15) is 0 Å². The topological polar surface area (TPSA) is 17.3 Å². The van der Waals surface area contributed by atoms with Gasteiger partial charge in [-0.25, -0.2) is 4.98 Å². The summed E-state index contributed by atoms with van der Waals surface area (Å²) in [4.78, 5) is 5.41. The van der Waals surface area contributed by atoms with Gasteiger partial charge in [0.25, 0.3) is 0 Å². The number of hydrogen-bond donors (Lipinski definition) is 0. The zero-order valence-electron chi connectivity index (χ0n) is 19.1. The minimum atomic E-state index is 0.00469. The fraction of sp³-hybridized carbons (Fsp3) is 0.129. The molecular formula is C31H24N2. The lowest BCUT2D eigenvalue weighted by atomic mass is 9.83. The summed E-state index contributed by atoms with van der Waals surface area (Å²) in [5.41, 5.74) is 5.86. The summed E-state index contributed by atoms with van der Waals surface area (Å²) in [6.07, 6.45) is 0. The van der Waals surface area contributed by atoms with Gasteiger partial charge in [-0.2, -0.15) is 0 Å². The van der Waals surface area contributed by atoms with Gasteiger partial charge in [-0.1, -0.05) is 106 Å². The third-order valence-electron chi connectivity index (χ3n) is 7.06. The molecule has 158 valence electrons. The molecule has 0 amide bonds. The van der Waals surface area contributed by atoms with Gasteiger partial charge < -0.3 is 0 Å². The van der Waals surface area contributed by atoms with Crippen LogP contribution < -0.4 is 0 Å². The Morgan fingerprint density at radius 3 is 1.88 bits per heavy atom. The highest BCUT2D eigenvalue weighted by Gasteiger charge is 2.23. The predicted molar refractivity (Wildman–Crippen MR) is 141 cm³/mol. The Hall–Kier alpha value is -3.91. The zero-order valence-corrected chi connectivity index (χ0v) is 19.1. The number of imidazole rings is 1. The van der Waals surface area contributed by atoms with Gasteiger partial charge in [-0.05, 0) is 33.2 Å². The molecule has 0 aliphatic rings. The fourth-order valence-corrected chi connectivity index (χ4v) is 5.65. The number of para-hydroxylation sites is 1. The van der Waals surface area contributed by atoms with Crippen LogP contribution >= 0.6 is 0 Å². The molecule has 0 saturated carbocycles. The second-order valence-corrected chi connectivity index (χ2v) is 10.1. The standard InChI is InChI=1S/C31H24N2/c1-31(2,3)25-17-10-16-22-21-13-8-9-18-26(21)33-29-24-15-7-5-12-20(24)19-11-4-6-14-23(19)28(29)32-30(33)27(22)25/h4-18H,1-3H3. The zero-order chi connectivity index (χ0) is 22.3. The maximum atomic E-state index is 5.41. The Balaban J connectivity index is 1.91. The van der Waals surface area contributed by atoms with Crippen molar-refractivity contribution < 1.29 is 0 Å². The number of benzene rings is 5. The lowest BCUT2D eigenvalue weighted by molar-refractivity contribution is 0.596. The van der Waals surface area contributed by atoms with Crippen LogP contribution in [0.4, 0.5) is 0 Å². The maximum Gasteiger partial charge on any atom is 0.146 e. The predicted octanol–water partition coefficient (Wildman–Crippen LogP) is 8.40. The van der Waals surface area contributed by atoms with Crippen molar-refractivity contribution in [2.75, 3.05) is 0 Å². The Labute approximate surface area is 192 Å². The van der Waals surface area contributed by atoms with Crippen molar-refractivity contribution >= 4 is 59.9 Å². The molecule has 0 N–H and O–H groups in total. The van der Waals surface area contributed by atoms with E-state index in [4.69, 9.17) is 4.98 Å². The lowest BCUT2D eigenvalue weighted by Gasteiger charge is -2.22. The SMILES string of the molecule is CC(C)(C)c1cccc2c3ccccc3n3c(nc4c5ccccc5c5ccccc5c43)c12. The van der Waals surface area contributed by atoms with Crippen LogP contribution in [0.25, 0.3) is 59.9 Å². The highest BCUT2D eigenvalue weighted by molar-refractivity contribution is 6.26. The molecule has 2 heterocycles. The molecule has 0 bridgehead atoms. The molecule has 7 rings (SSSR count). The third kappa shape index (κ3) is 2.41. The van der Waals surface area contributed by atoms with Gasteiger partial charge >= 0.3 is 0 Å². The van der Waals surface area contributed by atoms with Gasteiger partial charge in [0.05, 0.1) is 16.6 Å². The molecule has 2 heteroatoms. The van der Waals surface area contributed by atoms with Crippen molar-refractivity contribution in [3.63, 3.8) is 0 Å². The summed E-state index contributed by atoms with van der Waals surface area (Å²) >= 11 is 0. The maximum absolute atomic E-state index is 5.41. The second-order valence-electron chi connectivity index (χ2n) is 10.1. The van der Waals surface area contributed by atoms with Crippen LogP contribution in [0.3, 0.4) is 0 Å². The third-order valence-corrected chi connectivity index (χ3v) is 7.06. The smallest absolute Gasteiger partial charge is 0.146 e. The summed E-state index contributed by atoms with van der Waals surface area (Å²) < 4.78 is 2.41. The molecule has 0 spiro atoms. The monoisotopic (exact) mass is 424 g/mol. The Morgan fingerprint density at radius 1 is 0.576 bits per heavy atom. The minimum Gasteiger partial charge on any atom is -0.291 e. The molecule has 0 atom stereocenters. The normalized spacial score (nSPS) is 12.7. The van der Waals surface area contributed by atoms with E-state index in [0.717, 1.165) is 11.2 Å². The fourth-order valence-electron chi connectivity index (χ4n) is 5.65. The largest absolute Gasteiger partial charge is 0.291 e. The quantitative estimate of drug-likeness (QED) is 0.223. The van der Waals surface area contributed by atoms with Crippen molar-refractivity contribution in [2.24, 2.45) is 0 Å². The minimum absolute atomic E-state index is 0.00469. The molecule has 7 aromatic rings. The number of rotatable bonds is 0. The first-order valence-electron chi connectivity index (χ1n) is 11.6. The van der Waals surface area contributed by atoms with Gasteiger partial charge in [0.15, 0.2) is 0 Å². The van der Waals surface area contributed by atoms with E-state index in [1.807, 2.05) is 0 Å². The first-order chi connectivity index (χ1) is 16.0. The molecule has 0 saturated heterocycles. The Morgan fingerprint density at radius 2 is 1.15 bits per heavy atom. The van der Waals surface area contributed by atoms with Gasteiger partial charge in [-0.3, -0.25) is 4.40 Å². The summed E-state index contributed by atoms with van der Waals surface area (Å²) in [6.45, 7) is 6.88. The van der Waals surface area contributed by atoms with Crippen LogP contribution in [-0.4, -0.2) is 9.38 Å². The first kappa shape index (κ1) is 18.6. The average Bonchev–Trinajstić information content (AvgIpc) is 3.25. The molecule has 0 aliphatic carbocycles. The van der Waals surface area contributed by atoms with Crippen molar-refractivity contribution in [3.8, 4) is 0 Å². The molecule has 2 aromatic heterocycles. The highest BCUT2D eigenvalue weighted by Crippen LogP contribution is 2.41. The Bertz CT molecular complexity index is 1900. The second kappa shape index (κ2) is 6.32. The van der Waals surface area contributed by atoms with E-state index in [-0.39, 0.29) is 5.41 Å². The van der Waals surface area contributed by atoms with E-state index < -0.39 is 0 Å². The molecule has 33 heavy (non-hydrogen) atoms.